The maximum atomic E-state index is 14.3. The zero-order valence-electron chi connectivity index (χ0n) is 12.5. The van der Waals surface area contributed by atoms with Crippen molar-refractivity contribution in [2.75, 3.05) is 0 Å². The van der Waals surface area contributed by atoms with Crippen LogP contribution in [0.5, 0.6) is 0 Å². The number of benzene rings is 1. The van der Waals surface area contributed by atoms with Gasteiger partial charge in [0.25, 0.3) is 0 Å². The van der Waals surface area contributed by atoms with Gasteiger partial charge < -0.3 is 16.3 Å². The molecule has 116 valence electrons. The molecule has 0 heterocycles. The second-order valence-electron chi connectivity index (χ2n) is 5.83. The van der Waals surface area contributed by atoms with Gasteiger partial charge in [-0.15, -0.1) is 0 Å². The lowest BCUT2D eigenvalue weighted by Crippen LogP contribution is -2.34. The van der Waals surface area contributed by atoms with E-state index in [0.29, 0.717) is 24.1 Å². The van der Waals surface area contributed by atoms with Crippen molar-refractivity contribution in [2.45, 2.75) is 51.6 Å². The smallest absolute Gasteiger partial charge is 0.173 e. The van der Waals surface area contributed by atoms with Crippen molar-refractivity contribution < 1.29 is 9.60 Å². The molecule has 21 heavy (non-hydrogen) atoms. The largest absolute Gasteiger partial charge is 0.409 e. The first-order valence-electron chi connectivity index (χ1n) is 7.62. The highest BCUT2D eigenvalue weighted by Gasteiger charge is 2.20. The van der Waals surface area contributed by atoms with Crippen LogP contribution >= 0.6 is 0 Å². The quantitative estimate of drug-likeness (QED) is 0.338. The van der Waals surface area contributed by atoms with E-state index in [0.717, 1.165) is 0 Å². The molecule has 1 aromatic rings. The van der Waals surface area contributed by atoms with Gasteiger partial charge in [0, 0.05) is 18.2 Å². The predicted molar refractivity (Wildman–Crippen MR) is 81.8 cm³/mol. The average Bonchev–Trinajstić information content (AvgIpc) is 2.53. The van der Waals surface area contributed by atoms with Crippen molar-refractivity contribution in [1.29, 1.82) is 0 Å². The molecule has 0 radical (unpaired) electrons. The van der Waals surface area contributed by atoms with Gasteiger partial charge >= 0.3 is 0 Å². The van der Waals surface area contributed by atoms with E-state index in [1.807, 2.05) is 0 Å². The minimum atomic E-state index is -0.420. The van der Waals surface area contributed by atoms with Crippen LogP contribution in [0.2, 0.25) is 0 Å². The van der Waals surface area contributed by atoms with Crippen LogP contribution in [0.4, 0.5) is 4.39 Å². The lowest BCUT2D eigenvalue weighted by Gasteiger charge is -2.28. The number of nitrogens with two attached hydrogens (primary N) is 1. The Kier molecular flexibility index (Phi) is 5.56. The molecule has 4 nitrogen and oxygen atoms in total. The average molecular weight is 293 g/mol. The van der Waals surface area contributed by atoms with Gasteiger partial charge in [0.15, 0.2) is 5.84 Å². The summed E-state index contributed by atoms with van der Waals surface area (Å²) in [5.74, 6) is 0.0555. The molecule has 4 N–H and O–H groups in total. The van der Waals surface area contributed by atoms with Gasteiger partial charge in [0.1, 0.15) is 5.82 Å². The van der Waals surface area contributed by atoms with E-state index in [2.05, 4.69) is 17.4 Å². The van der Waals surface area contributed by atoms with E-state index in [1.54, 1.807) is 12.1 Å². The van der Waals surface area contributed by atoms with Crippen molar-refractivity contribution >= 4 is 5.84 Å². The number of rotatable bonds is 5. The Morgan fingerprint density at radius 2 is 2.14 bits per heavy atom. The lowest BCUT2D eigenvalue weighted by molar-refractivity contribution is 0.280. The van der Waals surface area contributed by atoms with Crippen LogP contribution in [-0.4, -0.2) is 17.1 Å². The van der Waals surface area contributed by atoms with E-state index in [1.165, 1.54) is 38.2 Å². The van der Waals surface area contributed by atoms with Crippen LogP contribution in [0.3, 0.4) is 0 Å². The van der Waals surface area contributed by atoms with Crippen LogP contribution in [0.15, 0.2) is 23.4 Å². The highest BCUT2D eigenvalue weighted by molar-refractivity contribution is 5.97. The van der Waals surface area contributed by atoms with Crippen LogP contribution < -0.4 is 11.1 Å². The van der Waals surface area contributed by atoms with E-state index in [-0.39, 0.29) is 11.4 Å². The van der Waals surface area contributed by atoms with Crippen molar-refractivity contribution in [3.63, 3.8) is 0 Å². The number of halogens is 1. The second-order valence-corrected chi connectivity index (χ2v) is 5.83. The van der Waals surface area contributed by atoms with Gasteiger partial charge in [0.05, 0.1) is 5.56 Å². The number of hydrogen-bond acceptors (Lipinski definition) is 3. The maximum Gasteiger partial charge on any atom is 0.173 e. The molecular weight excluding hydrogens is 269 g/mol. The molecule has 5 heteroatoms. The summed E-state index contributed by atoms with van der Waals surface area (Å²) in [6.45, 7) is 2.62. The third-order valence-electron chi connectivity index (χ3n) is 4.43. The highest BCUT2D eigenvalue weighted by Crippen LogP contribution is 2.26. The molecule has 1 aliphatic carbocycles. The number of nitrogens with zero attached hydrogens (tertiary/aromatic N) is 1. The topological polar surface area (TPSA) is 70.6 Å². The summed E-state index contributed by atoms with van der Waals surface area (Å²) in [6.07, 6.45) is 6.43. The monoisotopic (exact) mass is 293 g/mol. The van der Waals surface area contributed by atoms with Gasteiger partial charge in [-0.3, -0.25) is 0 Å². The minimum absolute atomic E-state index is 0.141. The summed E-state index contributed by atoms with van der Waals surface area (Å²) >= 11 is 0. The van der Waals surface area contributed by atoms with Crippen LogP contribution in [-0.2, 0) is 6.54 Å². The SMILES string of the molecule is C[C@@H](NCc1cccc(/C(N)=N/O)c1F)C1CCCCC1. The Labute approximate surface area is 125 Å². The van der Waals surface area contributed by atoms with E-state index < -0.39 is 5.82 Å². The van der Waals surface area contributed by atoms with Gasteiger partial charge in [0.2, 0.25) is 0 Å². The molecule has 0 saturated heterocycles. The molecule has 0 bridgehead atoms. The Bertz CT molecular complexity index is 498. The normalized spacial score (nSPS) is 18.7. The third kappa shape index (κ3) is 3.94. The molecule has 2 rings (SSSR count). The Balaban J connectivity index is 1.99. The summed E-state index contributed by atoms with van der Waals surface area (Å²) in [5.41, 5.74) is 6.16. The summed E-state index contributed by atoms with van der Waals surface area (Å²) in [5, 5.41) is 14.9. The van der Waals surface area contributed by atoms with Crippen LogP contribution in [0, 0.1) is 11.7 Å². The predicted octanol–water partition coefficient (Wildman–Crippen LogP) is 2.98. The summed E-state index contributed by atoms with van der Waals surface area (Å²) in [4.78, 5) is 0. The number of hydrogen-bond donors (Lipinski definition) is 3. The van der Waals surface area contributed by atoms with Gasteiger partial charge in [-0.1, -0.05) is 36.6 Å². The molecule has 1 aromatic carbocycles. The van der Waals surface area contributed by atoms with Gasteiger partial charge in [-0.05, 0) is 31.7 Å². The fraction of sp³-hybridized carbons (Fsp3) is 0.562. The zero-order chi connectivity index (χ0) is 15.2. The number of amidine groups is 1. The molecule has 1 fully saturated rings. The summed E-state index contributed by atoms with van der Waals surface area (Å²) in [6, 6.07) is 5.33. The lowest BCUT2D eigenvalue weighted by atomic mass is 9.84. The zero-order valence-corrected chi connectivity index (χ0v) is 12.5. The third-order valence-corrected chi connectivity index (χ3v) is 4.43. The van der Waals surface area contributed by atoms with Crippen molar-refractivity contribution in [2.24, 2.45) is 16.8 Å². The second kappa shape index (κ2) is 7.41. The Morgan fingerprint density at radius 3 is 2.81 bits per heavy atom. The fourth-order valence-electron chi connectivity index (χ4n) is 3.04. The number of nitrogens with one attached hydrogen (secondary N) is 1. The van der Waals surface area contributed by atoms with Crippen molar-refractivity contribution in [1.82, 2.24) is 5.32 Å². The van der Waals surface area contributed by atoms with Crippen molar-refractivity contribution in [3.8, 4) is 0 Å². The molecule has 1 saturated carbocycles. The van der Waals surface area contributed by atoms with Gasteiger partial charge in [-0.25, -0.2) is 4.39 Å². The molecule has 1 aliphatic rings. The standard InChI is InChI=1S/C16H24FN3O/c1-11(12-6-3-2-4-7-12)19-10-13-8-5-9-14(15(13)17)16(18)20-21/h5,8-9,11-12,19,21H,2-4,6-7,10H2,1H3,(H2,18,20)/t11-/m1/s1. The van der Waals surface area contributed by atoms with Crippen LogP contribution in [0.25, 0.3) is 0 Å². The first-order chi connectivity index (χ1) is 10.1. The summed E-state index contributed by atoms with van der Waals surface area (Å²) in [7, 11) is 0. The van der Waals surface area contributed by atoms with E-state index in [9.17, 15) is 4.39 Å². The molecule has 0 spiro atoms. The molecular formula is C16H24FN3O. The minimum Gasteiger partial charge on any atom is -0.409 e. The van der Waals surface area contributed by atoms with Crippen molar-refractivity contribution in [3.05, 3.63) is 35.1 Å². The Morgan fingerprint density at radius 1 is 1.43 bits per heavy atom. The first-order valence-corrected chi connectivity index (χ1v) is 7.62. The van der Waals surface area contributed by atoms with Gasteiger partial charge in [-0.2, -0.15) is 0 Å². The Hall–Kier alpha value is -1.62. The first kappa shape index (κ1) is 15.8. The summed E-state index contributed by atoms with van der Waals surface area (Å²) < 4.78 is 14.3. The molecule has 0 amide bonds. The molecule has 0 unspecified atom stereocenters. The fourth-order valence-corrected chi connectivity index (χ4v) is 3.04. The van der Waals surface area contributed by atoms with E-state index >= 15 is 0 Å². The maximum absolute atomic E-state index is 14.3. The molecule has 0 aromatic heterocycles. The highest BCUT2D eigenvalue weighted by atomic mass is 19.1. The number of oxime groups is 1. The molecule has 1 atom stereocenters. The van der Waals surface area contributed by atoms with Crippen LogP contribution in [0.1, 0.15) is 50.2 Å². The molecule has 0 aliphatic heterocycles. The van der Waals surface area contributed by atoms with E-state index in [4.69, 9.17) is 10.9 Å².